The van der Waals surface area contributed by atoms with Crippen molar-refractivity contribution in [3.05, 3.63) is 29.8 Å². The zero-order valence-corrected chi connectivity index (χ0v) is 17.0. The molecule has 1 aromatic rings. The SMILES string of the molecule is Cc1cccc(NC(=O)CSCC(=O)N2CCN(C(=O)C3CCCO3)CC2)c1. The molecule has 1 N–H and O–H groups in total. The van der Waals surface area contributed by atoms with Gasteiger partial charge in [-0.1, -0.05) is 12.1 Å². The van der Waals surface area contributed by atoms with Crippen LogP contribution < -0.4 is 5.32 Å². The lowest BCUT2D eigenvalue weighted by Gasteiger charge is -2.35. The van der Waals surface area contributed by atoms with Crippen LogP contribution in [0.2, 0.25) is 0 Å². The zero-order chi connectivity index (χ0) is 19.9. The number of ether oxygens (including phenoxy) is 1. The highest BCUT2D eigenvalue weighted by Gasteiger charge is 2.31. The number of thioether (sulfide) groups is 1. The molecule has 0 bridgehead atoms. The Kier molecular flexibility index (Phi) is 7.33. The Morgan fingerprint density at radius 3 is 2.57 bits per heavy atom. The van der Waals surface area contributed by atoms with E-state index in [1.54, 1.807) is 9.80 Å². The fraction of sp³-hybridized carbons (Fsp3) is 0.550. The standard InChI is InChI=1S/C20H27N3O4S/c1-15-4-2-5-16(12-15)21-18(24)13-28-14-19(25)22-7-9-23(10-8-22)20(26)17-6-3-11-27-17/h2,4-5,12,17H,3,6-11,13-14H2,1H3,(H,21,24). The lowest BCUT2D eigenvalue weighted by molar-refractivity contribution is -0.145. The molecule has 2 aliphatic heterocycles. The largest absolute Gasteiger partial charge is 0.368 e. The maximum atomic E-state index is 12.4. The summed E-state index contributed by atoms with van der Waals surface area (Å²) in [6.07, 6.45) is 1.42. The first-order valence-electron chi connectivity index (χ1n) is 9.65. The summed E-state index contributed by atoms with van der Waals surface area (Å²) in [6.45, 7) is 4.79. The van der Waals surface area contributed by atoms with Crippen LogP contribution in [-0.2, 0) is 19.1 Å². The molecule has 1 unspecified atom stereocenters. The van der Waals surface area contributed by atoms with Crippen molar-refractivity contribution in [1.82, 2.24) is 9.80 Å². The van der Waals surface area contributed by atoms with Gasteiger partial charge in [-0.15, -0.1) is 11.8 Å². The third-order valence-corrected chi connectivity index (χ3v) is 5.83. The number of carbonyl (C=O) groups is 3. The van der Waals surface area contributed by atoms with E-state index in [9.17, 15) is 14.4 Å². The lowest BCUT2D eigenvalue weighted by Crippen LogP contribution is -2.53. The maximum Gasteiger partial charge on any atom is 0.251 e. The normalized spacial score (nSPS) is 19.5. The summed E-state index contributed by atoms with van der Waals surface area (Å²) >= 11 is 1.31. The van der Waals surface area contributed by atoms with Crippen LogP contribution in [0.25, 0.3) is 0 Å². The predicted molar refractivity (Wildman–Crippen MR) is 109 cm³/mol. The third kappa shape index (κ3) is 5.72. The summed E-state index contributed by atoms with van der Waals surface area (Å²) in [6, 6.07) is 7.62. The molecule has 0 spiro atoms. The number of nitrogens with zero attached hydrogens (tertiary/aromatic N) is 2. The van der Waals surface area contributed by atoms with Crippen molar-refractivity contribution < 1.29 is 19.1 Å². The Hall–Kier alpha value is -2.06. The van der Waals surface area contributed by atoms with Crippen molar-refractivity contribution in [3.63, 3.8) is 0 Å². The number of aryl methyl sites for hydroxylation is 1. The van der Waals surface area contributed by atoms with Crippen LogP contribution in [0.15, 0.2) is 24.3 Å². The molecule has 152 valence electrons. The van der Waals surface area contributed by atoms with Gasteiger partial charge in [0.2, 0.25) is 11.8 Å². The van der Waals surface area contributed by atoms with Crippen molar-refractivity contribution in [1.29, 1.82) is 0 Å². The van der Waals surface area contributed by atoms with Crippen molar-refractivity contribution in [2.75, 3.05) is 49.6 Å². The molecule has 28 heavy (non-hydrogen) atoms. The van der Waals surface area contributed by atoms with E-state index >= 15 is 0 Å². The van der Waals surface area contributed by atoms with Crippen LogP contribution in [0.1, 0.15) is 18.4 Å². The van der Waals surface area contributed by atoms with E-state index < -0.39 is 0 Å². The summed E-state index contributed by atoms with van der Waals surface area (Å²) in [5, 5.41) is 2.84. The number of anilines is 1. The topological polar surface area (TPSA) is 79.0 Å². The van der Waals surface area contributed by atoms with Gasteiger partial charge < -0.3 is 19.9 Å². The van der Waals surface area contributed by atoms with Crippen molar-refractivity contribution in [2.24, 2.45) is 0 Å². The fourth-order valence-electron chi connectivity index (χ4n) is 3.39. The molecule has 0 saturated carbocycles. The molecule has 3 amide bonds. The van der Waals surface area contributed by atoms with Crippen LogP contribution in [0.5, 0.6) is 0 Å². The number of benzene rings is 1. The molecule has 1 atom stereocenters. The van der Waals surface area contributed by atoms with E-state index in [-0.39, 0.29) is 35.3 Å². The number of rotatable bonds is 6. The van der Waals surface area contributed by atoms with Gasteiger partial charge in [-0.05, 0) is 37.5 Å². The van der Waals surface area contributed by atoms with Crippen LogP contribution in [-0.4, -0.2) is 77.9 Å². The van der Waals surface area contributed by atoms with Crippen LogP contribution in [0.4, 0.5) is 5.69 Å². The highest BCUT2D eigenvalue weighted by molar-refractivity contribution is 8.00. The van der Waals surface area contributed by atoms with Gasteiger partial charge in [0.25, 0.3) is 5.91 Å². The van der Waals surface area contributed by atoms with Gasteiger partial charge in [-0.3, -0.25) is 14.4 Å². The molecule has 7 nitrogen and oxygen atoms in total. The Bertz CT molecular complexity index is 713. The molecule has 8 heteroatoms. The minimum Gasteiger partial charge on any atom is -0.368 e. The average Bonchev–Trinajstić information content (AvgIpc) is 3.22. The minimum absolute atomic E-state index is 0.0116. The molecule has 2 heterocycles. The van der Waals surface area contributed by atoms with Gasteiger partial charge in [0, 0.05) is 38.5 Å². The molecule has 2 saturated heterocycles. The zero-order valence-electron chi connectivity index (χ0n) is 16.2. The Morgan fingerprint density at radius 2 is 1.89 bits per heavy atom. The number of carbonyl (C=O) groups excluding carboxylic acids is 3. The molecule has 0 aromatic heterocycles. The summed E-state index contributed by atoms with van der Waals surface area (Å²) < 4.78 is 5.45. The monoisotopic (exact) mass is 405 g/mol. The van der Waals surface area contributed by atoms with E-state index in [2.05, 4.69) is 5.32 Å². The first kappa shape index (κ1) is 20.7. The molecule has 1 aromatic carbocycles. The number of hydrogen-bond acceptors (Lipinski definition) is 5. The van der Waals surface area contributed by atoms with Crippen LogP contribution in [0, 0.1) is 6.92 Å². The van der Waals surface area contributed by atoms with Gasteiger partial charge in [0.1, 0.15) is 6.10 Å². The third-order valence-electron chi connectivity index (χ3n) is 4.91. The fourth-order valence-corrected chi connectivity index (χ4v) is 4.11. The number of piperazine rings is 1. The summed E-state index contributed by atoms with van der Waals surface area (Å²) in [5.74, 6) is 0.442. The number of amides is 3. The first-order chi connectivity index (χ1) is 13.5. The summed E-state index contributed by atoms with van der Waals surface area (Å²) in [7, 11) is 0. The Labute approximate surface area is 169 Å². The molecule has 2 aliphatic rings. The summed E-state index contributed by atoms with van der Waals surface area (Å²) in [4.78, 5) is 40.3. The van der Waals surface area contributed by atoms with Crippen LogP contribution >= 0.6 is 11.8 Å². The van der Waals surface area contributed by atoms with E-state index in [1.165, 1.54) is 11.8 Å². The van der Waals surface area contributed by atoms with E-state index in [4.69, 9.17) is 4.74 Å². The molecule has 3 rings (SSSR count). The quantitative estimate of drug-likeness (QED) is 0.776. The molecular weight excluding hydrogens is 378 g/mol. The second kappa shape index (κ2) is 9.93. The smallest absolute Gasteiger partial charge is 0.251 e. The van der Waals surface area contributed by atoms with Crippen molar-refractivity contribution in [3.8, 4) is 0 Å². The Balaban J connectivity index is 1.34. The average molecular weight is 406 g/mol. The second-order valence-electron chi connectivity index (χ2n) is 7.12. The number of hydrogen-bond donors (Lipinski definition) is 1. The first-order valence-corrected chi connectivity index (χ1v) is 10.8. The Morgan fingerprint density at radius 1 is 1.14 bits per heavy atom. The van der Waals surface area contributed by atoms with Crippen molar-refractivity contribution in [2.45, 2.75) is 25.9 Å². The van der Waals surface area contributed by atoms with Crippen LogP contribution in [0.3, 0.4) is 0 Å². The molecule has 0 radical (unpaired) electrons. The summed E-state index contributed by atoms with van der Waals surface area (Å²) in [5.41, 5.74) is 1.85. The number of nitrogens with one attached hydrogen (secondary N) is 1. The van der Waals surface area contributed by atoms with Crippen molar-refractivity contribution >= 4 is 35.2 Å². The minimum atomic E-state index is -0.301. The highest BCUT2D eigenvalue weighted by atomic mass is 32.2. The highest BCUT2D eigenvalue weighted by Crippen LogP contribution is 2.16. The molecule has 0 aliphatic carbocycles. The molecule has 2 fully saturated rings. The van der Waals surface area contributed by atoms with Gasteiger partial charge in [0.05, 0.1) is 11.5 Å². The van der Waals surface area contributed by atoms with E-state index in [1.807, 2.05) is 31.2 Å². The van der Waals surface area contributed by atoms with Gasteiger partial charge >= 0.3 is 0 Å². The van der Waals surface area contributed by atoms with Gasteiger partial charge in [0.15, 0.2) is 0 Å². The maximum absolute atomic E-state index is 12.4. The predicted octanol–water partition coefficient (Wildman–Crippen LogP) is 1.52. The van der Waals surface area contributed by atoms with E-state index in [0.29, 0.717) is 32.8 Å². The van der Waals surface area contributed by atoms with Gasteiger partial charge in [-0.2, -0.15) is 0 Å². The lowest BCUT2D eigenvalue weighted by atomic mass is 10.2. The van der Waals surface area contributed by atoms with Gasteiger partial charge in [-0.25, -0.2) is 0 Å². The second-order valence-corrected chi connectivity index (χ2v) is 8.10. The van der Waals surface area contributed by atoms with E-state index in [0.717, 1.165) is 24.1 Å². The molecular formula is C20H27N3O4S.